The third-order valence-electron chi connectivity index (χ3n) is 1.72. The third kappa shape index (κ3) is 2.57. The summed E-state index contributed by atoms with van der Waals surface area (Å²) >= 11 is 0. The van der Waals surface area contributed by atoms with Gasteiger partial charge in [-0.15, -0.1) is 0 Å². The lowest BCUT2D eigenvalue weighted by Crippen LogP contribution is -2.24. The van der Waals surface area contributed by atoms with E-state index in [1.807, 2.05) is 0 Å². The number of hydrogen-bond donors (Lipinski definition) is 1. The molecular weight excluding hydrogens is 288 g/mol. The number of alkyl halides is 3. The van der Waals surface area contributed by atoms with E-state index in [9.17, 15) is 34.4 Å². The van der Waals surface area contributed by atoms with Crippen LogP contribution in [0.5, 0.6) is 0 Å². The van der Waals surface area contributed by atoms with E-state index in [1.165, 1.54) is 0 Å². The van der Waals surface area contributed by atoms with Crippen molar-refractivity contribution >= 4 is 20.5 Å². The van der Waals surface area contributed by atoms with Gasteiger partial charge >= 0.3 is 5.51 Å². The van der Waals surface area contributed by atoms with Crippen LogP contribution in [0.4, 0.5) is 17.6 Å². The highest BCUT2D eigenvalue weighted by molar-refractivity contribution is 7.92. The van der Waals surface area contributed by atoms with Crippen LogP contribution in [0, 0.1) is 5.82 Å². The molecule has 0 aliphatic rings. The predicted octanol–water partition coefficient (Wildman–Crippen LogP) is 1.09. The van der Waals surface area contributed by atoms with Gasteiger partial charge in [0.1, 0.15) is 10.7 Å². The van der Waals surface area contributed by atoms with Crippen molar-refractivity contribution in [2.45, 2.75) is 15.3 Å². The highest BCUT2D eigenvalue weighted by Gasteiger charge is 2.48. The van der Waals surface area contributed by atoms with Crippen molar-refractivity contribution in [3.63, 3.8) is 0 Å². The van der Waals surface area contributed by atoms with Gasteiger partial charge < -0.3 is 0 Å². The average molecular weight is 292 g/mol. The Morgan fingerprint density at radius 2 is 1.65 bits per heavy atom. The van der Waals surface area contributed by atoms with Crippen molar-refractivity contribution in [2.24, 2.45) is 0 Å². The maximum atomic E-state index is 13.0. The van der Waals surface area contributed by atoms with E-state index in [4.69, 9.17) is 0 Å². The molecule has 0 saturated carbocycles. The SMILES string of the molecule is O=[SH](=O)c1ccc(F)c(S(=O)(=O)C(F)(F)F)c1. The van der Waals surface area contributed by atoms with E-state index in [1.54, 1.807) is 0 Å². The smallest absolute Gasteiger partial charge is 0.227 e. The zero-order chi connectivity index (χ0) is 13.4. The fourth-order valence-corrected chi connectivity index (χ4v) is 2.31. The lowest BCUT2D eigenvalue weighted by molar-refractivity contribution is -0.0437. The minimum atomic E-state index is -5.91. The third-order valence-corrected chi connectivity index (χ3v) is 3.92. The molecule has 0 atom stereocenters. The van der Waals surface area contributed by atoms with Gasteiger partial charge in [-0.3, -0.25) is 0 Å². The Hall–Kier alpha value is -1.16. The Bertz CT molecular complexity index is 607. The Morgan fingerprint density at radius 3 is 2.06 bits per heavy atom. The average Bonchev–Trinajstić information content (AvgIpc) is 2.15. The van der Waals surface area contributed by atoms with Crippen LogP contribution in [0.25, 0.3) is 0 Å². The van der Waals surface area contributed by atoms with E-state index in [2.05, 4.69) is 0 Å². The molecule has 0 aromatic heterocycles. The Kier molecular flexibility index (Phi) is 3.48. The van der Waals surface area contributed by atoms with Gasteiger partial charge in [-0.05, 0) is 18.2 Å². The molecule has 4 nitrogen and oxygen atoms in total. The molecule has 0 unspecified atom stereocenters. The van der Waals surface area contributed by atoms with Crippen LogP contribution in [-0.4, -0.2) is 22.3 Å². The number of benzene rings is 1. The molecule has 1 rings (SSSR count). The summed E-state index contributed by atoms with van der Waals surface area (Å²) < 4.78 is 92.1. The first kappa shape index (κ1) is 13.9. The van der Waals surface area contributed by atoms with Gasteiger partial charge in [-0.1, -0.05) is 0 Å². The minimum Gasteiger partial charge on any atom is -0.227 e. The van der Waals surface area contributed by atoms with E-state index >= 15 is 0 Å². The number of halogens is 4. The molecule has 0 spiro atoms. The first-order valence-corrected chi connectivity index (χ1v) is 6.48. The largest absolute Gasteiger partial charge is 0.502 e. The highest BCUT2D eigenvalue weighted by atomic mass is 32.2. The Balaban J connectivity index is 3.57. The normalized spacial score (nSPS) is 13.0. The molecule has 1 aromatic rings. The van der Waals surface area contributed by atoms with Crippen LogP contribution < -0.4 is 0 Å². The molecular formula is C7H4F4O4S2. The quantitative estimate of drug-likeness (QED) is 0.654. The number of hydrogen-bond acceptors (Lipinski definition) is 4. The van der Waals surface area contributed by atoms with Crippen LogP contribution >= 0.6 is 0 Å². The monoisotopic (exact) mass is 292 g/mol. The predicted molar refractivity (Wildman–Crippen MR) is 48.2 cm³/mol. The van der Waals surface area contributed by atoms with Crippen molar-refractivity contribution in [1.29, 1.82) is 0 Å². The Morgan fingerprint density at radius 1 is 1.12 bits per heavy atom. The van der Waals surface area contributed by atoms with Crippen LogP contribution in [0.2, 0.25) is 0 Å². The molecule has 0 fully saturated rings. The summed E-state index contributed by atoms with van der Waals surface area (Å²) in [5.74, 6) is -1.66. The van der Waals surface area contributed by atoms with Gasteiger partial charge in [0.2, 0.25) is 0 Å². The molecule has 0 aliphatic heterocycles. The zero-order valence-electron chi connectivity index (χ0n) is 7.73. The second kappa shape index (κ2) is 4.26. The van der Waals surface area contributed by atoms with Gasteiger partial charge in [-0.2, -0.15) is 13.2 Å². The summed E-state index contributed by atoms with van der Waals surface area (Å²) in [6.45, 7) is 0. The highest BCUT2D eigenvalue weighted by Crippen LogP contribution is 2.32. The lowest BCUT2D eigenvalue weighted by atomic mass is 10.3. The molecule has 0 radical (unpaired) electrons. The van der Waals surface area contributed by atoms with E-state index in [0.29, 0.717) is 12.1 Å². The molecule has 0 saturated heterocycles. The molecule has 10 heteroatoms. The summed E-state index contributed by atoms with van der Waals surface area (Å²) in [5.41, 5.74) is -5.69. The summed E-state index contributed by atoms with van der Waals surface area (Å²) in [4.78, 5) is -2.43. The van der Waals surface area contributed by atoms with E-state index in [-0.39, 0.29) is 6.07 Å². The summed E-state index contributed by atoms with van der Waals surface area (Å²) in [7, 11) is -9.21. The van der Waals surface area contributed by atoms with Gasteiger partial charge in [0, 0.05) is 0 Å². The maximum absolute atomic E-state index is 13.0. The first-order valence-electron chi connectivity index (χ1n) is 3.82. The first-order chi connectivity index (χ1) is 7.57. The molecule has 0 bridgehead atoms. The van der Waals surface area contributed by atoms with E-state index in [0.717, 1.165) is 0 Å². The fourth-order valence-electron chi connectivity index (χ4n) is 0.936. The molecule has 1 aromatic carbocycles. The van der Waals surface area contributed by atoms with Crippen LogP contribution in [0.3, 0.4) is 0 Å². The van der Waals surface area contributed by atoms with Crippen LogP contribution in [0.15, 0.2) is 28.0 Å². The van der Waals surface area contributed by atoms with Gasteiger partial charge in [0.15, 0.2) is 10.7 Å². The van der Waals surface area contributed by atoms with Gasteiger partial charge in [0.25, 0.3) is 9.84 Å². The van der Waals surface area contributed by atoms with Crippen molar-refractivity contribution in [3.05, 3.63) is 24.0 Å². The second-order valence-corrected chi connectivity index (χ2v) is 5.76. The van der Waals surface area contributed by atoms with Crippen molar-refractivity contribution < 1.29 is 34.4 Å². The van der Waals surface area contributed by atoms with Gasteiger partial charge in [-0.25, -0.2) is 21.2 Å². The molecule has 0 amide bonds. The molecule has 96 valence electrons. The van der Waals surface area contributed by atoms with Crippen molar-refractivity contribution in [2.75, 3.05) is 0 Å². The summed E-state index contributed by atoms with van der Waals surface area (Å²) in [5, 5.41) is 0. The van der Waals surface area contributed by atoms with Crippen LogP contribution in [-0.2, 0) is 20.5 Å². The Labute approximate surface area is 94.7 Å². The van der Waals surface area contributed by atoms with E-state index < -0.39 is 41.7 Å². The van der Waals surface area contributed by atoms with Crippen molar-refractivity contribution in [1.82, 2.24) is 0 Å². The fraction of sp³-hybridized carbons (Fsp3) is 0.143. The maximum Gasteiger partial charge on any atom is 0.502 e. The van der Waals surface area contributed by atoms with Crippen molar-refractivity contribution in [3.8, 4) is 0 Å². The number of thiol groups is 1. The zero-order valence-corrected chi connectivity index (χ0v) is 9.44. The number of sulfone groups is 1. The van der Waals surface area contributed by atoms with Gasteiger partial charge in [0.05, 0.1) is 4.90 Å². The minimum absolute atomic E-state index is 0.129. The van der Waals surface area contributed by atoms with Crippen LogP contribution in [0.1, 0.15) is 0 Å². The number of rotatable bonds is 2. The summed E-state index contributed by atoms with van der Waals surface area (Å²) in [6.07, 6.45) is 0. The standard InChI is InChI=1S/C7H4F4O4S2/c8-5-2-1-4(16(12)13)3-6(5)17(14,15)7(9,10)11/h1-3,16H. The molecule has 0 heterocycles. The molecule has 17 heavy (non-hydrogen) atoms. The molecule has 0 N–H and O–H groups in total. The topological polar surface area (TPSA) is 68.3 Å². The second-order valence-electron chi connectivity index (χ2n) is 2.82. The lowest BCUT2D eigenvalue weighted by Gasteiger charge is -2.08. The molecule has 0 aliphatic carbocycles. The summed E-state index contributed by atoms with van der Waals surface area (Å²) in [6, 6.07) is 1.14.